The van der Waals surface area contributed by atoms with Gasteiger partial charge in [-0.2, -0.15) is 23.1 Å². The average molecular weight is 302 g/mol. The van der Waals surface area contributed by atoms with Crippen molar-refractivity contribution >= 4 is 16.5 Å². The number of aromatic amines is 1. The number of hydrogen-bond donors (Lipinski definition) is 3. The maximum absolute atomic E-state index is 12.0. The maximum Gasteiger partial charge on any atom is 0.277 e. The van der Waals surface area contributed by atoms with Crippen LogP contribution in [0.1, 0.15) is 37.9 Å². The monoisotopic (exact) mass is 302 g/mol. The van der Waals surface area contributed by atoms with Crippen molar-refractivity contribution in [2.24, 2.45) is 0 Å². The summed E-state index contributed by atoms with van der Waals surface area (Å²) in [7, 11) is -3.71. The number of nitrogens with zero attached hydrogens (tertiary/aromatic N) is 3. The van der Waals surface area contributed by atoms with Gasteiger partial charge in [-0.05, 0) is 12.8 Å². The van der Waals surface area contributed by atoms with Gasteiger partial charge >= 0.3 is 0 Å². The molecule has 10 heteroatoms. The molecule has 0 saturated heterocycles. The highest BCUT2D eigenvalue weighted by atomic mass is 32.2. The predicted molar refractivity (Wildman–Crippen MR) is 69.8 cm³/mol. The van der Waals surface area contributed by atoms with Gasteiger partial charge in [-0.25, -0.2) is 0 Å². The Labute approximate surface area is 117 Å². The molecule has 9 nitrogen and oxygen atoms in total. The highest BCUT2D eigenvalue weighted by Crippen LogP contribution is 2.17. The first-order chi connectivity index (χ1) is 9.59. The summed E-state index contributed by atoms with van der Waals surface area (Å²) in [6, 6.07) is -0.965. The molecule has 2 rings (SSSR count). The molecule has 1 aromatic heterocycles. The van der Waals surface area contributed by atoms with Gasteiger partial charge in [0.15, 0.2) is 5.82 Å². The molecule has 1 aromatic rings. The van der Waals surface area contributed by atoms with E-state index in [1.807, 2.05) is 0 Å². The Balaban J connectivity index is 1.89. The van der Waals surface area contributed by atoms with Gasteiger partial charge in [0.1, 0.15) is 6.29 Å². The Bertz CT molecular complexity index is 511. The predicted octanol–water partition coefficient (Wildman–Crippen LogP) is -0.934. The molecule has 20 heavy (non-hydrogen) atoms. The van der Waals surface area contributed by atoms with E-state index in [1.165, 1.54) is 0 Å². The summed E-state index contributed by atoms with van der Waals surface area (Å²) >= 11 is 0. The quantitative estimate of drug-likeness (QED) is 0.558. The SMILES string of the molecule is O=CC(Cc1nn[nH]n1)NS(=O)(=O)NC1CCCCC1. The average Bonchev–Trinajstić information content (AvgIpc) is 2.91. The molecule has 1 unspecified atom stereocenters. The van der Waals surface area contributed by atoms with E-state index >= 15 is 0 Å². The highest BCUT2D eigenvalue weighted by molar-refractivity contribution is 7.87. The lowest BCUT2D eigenvalue weighted by molar-refractivity contribution is -0.109. The minimum absolute atomic E-state index is 0.0567. The minimum atomic E-state index is -3.71. The lowest BCUT2D eigenvalue weighted by atomic mass is 9.96. The second-order valence-electron chi connectivity index (χ2n) is 4.85. The minimum Gasteiger partial charge on any atom is -0.302 e. The van der Waals surface area contributed by atoms with Gasteiger partial charge < -0.3 is 4.79 Å². The molecule has 0 aliphatic heterocycles. The van der Waals surface area contributed by atoms with Crippen molar-refractivity contribution in [2.75, 3.05) is 0 Å². The fourth-order valence-corrected chi connectivity index (χ4v) is 3.54. The van der Waals surface area contributed by atoms with E-state index in [9.17, 15) is 13.2 Å². The van der Waals surface area contributed by atoms with Crippen LogP contribution in [0.3, 0.4) is 0 Å². The highest BCUT2D eigenvalue weighted by Gasteiger charge is 2.23. The molecule has 1 heterocycles. The Kier molecular flexibility index (Phi) is 5.15. The fraction of sp³-hybridized carbons (Fsp3) is 0.800. The van der Waals surface area contributed by atoms with Gasteiger partial charge in [0.2, 0.25) is 0 Å². The normalized spacial score (nSPS) is 18.8. The van der Waals surface area contributed by atoms with E-state index in [1.54, 1.807) is 0 Å². The first-order valence-corrected chi connectivity index (χ1v) is 8.04. The van der Waals surface area contributed by atoms with Crippen molar-refractivity contribution in [3.63, 3.8) is 0 Å². The summed E-state index contributed by atoms with van der Waals surface area (Å²) in [5, 5.41) is 13.0. The Hall–Kier alpha value is -1.39. The molecule has 0 radical (unpaired) electrons. The zero-order valence-electron chi connectivity index (χ0n) is 10.9. The molecule has 3 N–H and O–H groups in total. The number of H-pyrrole nitrogens is 1. The van der Waals surface area contributed by atoms with E-state index in [4.69, 9.17) is 0 Å². The summed E-state index contributed by atoms with van der Waals surface area (Å²) in [6.45, 7) is 0. The van der Waals surface area contributed by atoms with Crippen LogP contribution in [0.15, 0.2) is 0 Å². The van der Waals surface area contributed by atoms with Crippen LogP contribution in [0.25, 0.3) is 0 Å². The van der Waals surface area contributed by atoms with Gasteiger partial charge in [-0.15, -0.1) is 10.2 Å². The van der Waals surface area contributed by atoms with E-state index in [-0.39, 0.29) is 18.3 Å². The Morgan fingerprint density at radius 2 is 2.10 bits per heavy atom. The van der Waals surface area contributed by atoms with Crippen LogP contribution in [-0.4, -0.2) is 47.4 Å². The van der Waals surface area contributed by atoms with E-state index in [0.29, 0.717) is 6.29 Å². The molecular weight excluding hydrogens is 284 g/mol. The summed E-state index contributed by atoms with van der Waals surface area (Å²) in [6.07, 6.45) is 5.43. The third kappa shape index (κ3) is 4.62. The second kappa shape index (κ2) is 6.86. The molecule has 1 atom stereocenters. The number of hydrogen-bond acceptors (Lipinski definition) is 6. The van der Waals surface area contributed by atoms with E-state index in [0.717, 1.165) is 32.1 Å². The van der Waals surface area contributed by atoms with Crippen LogP contribution >= 0.6 is 0 Å². The van der Waals surface area contributed by atoms with Gasteiger partial charge in [0.05, 0.1) is 6.04 Å². The Morgan fingerprint density at radius 3 is 2.70 bits per heavy atom. The van der Waals surface area contributed by atoms with Crippen molar-refractivity contribution in [1.82, 2.24) is 30.1 Å². The van der Waals surface area contributed by atoms with Gasteiger partial charge in [0.25, 0.3) is 10.2 Å². The van der Waals surface area contributed by atoms with Crippen molar-refractivity contribution in [3.8, 4) is 0 Å². The zero-order valence-corrected chi connectivity index (χ0v) is 11.8. The van der Waals surface area contributed by atoms with Crippen molar-refractivity contribution in [2.45, 2.75) is 50.6 Å². The second-order valence-corrected chi connectivity index (χ2v) is 6.33. The fourth-order valence-electron chi connectivity index (χ4n) is 2.26. The number of rotatable bonds is 7. The maximum atomic E-state index is 12.0. The number of carbonyl (C=O) groups excluding carboxylic acids is 1. The summed E-state index contributed by atoms with van der Waals surface area (Å²) in [5.41, 5.74) is 0. The molecular formula is C10H18N6O3S. The lowest BCUT2D eigenvalue weighted by Gasteiger charge is -2.23. The number of aldehydes is 1. The van der Waals surface area contributed by atoms with Gasteiger partial charge in [-0.3, -0.25) is 0 Å². The molecule has 0 amide bonds. The van der Waals surface area contributed by atoms with E-state index < -0.39 is 16.3 Å². The number of tetrazole rings is 1. The molecule has 0 bridgehead atoms. The number of nitrogens with one attached hydrogen (secondary N) is 3. The Morgan fingerprint density at radius 1 is 1.35 bits per heavy atom. The standard InChI is InChI=1S/C10H18N6O3S/c17-7-9(6-10-11-15-16-12-10)14-20(18,19)13-8-4-2-1-3-5-8/h7-9,13-14H,1-6H2,(H,11,12,15,16). The van der Waals surface area contributed by atoms with Crippen molar-refractivity contribution in [3.05, 3.63) is 5.82 Å². The van der Waals surface area contributed by atoms with Gasteiger partial charge in [-0.1, -0.05) is 24.5 Å². The largest absolute Gasteiger partial charge is 0.302 e. The lowest BCUT2D eigenvalue weighted by Crippen LogP contribution is -2.48. The number of aromatic nitrogens is 4. The first kappa shape index (κ1) is 15.0. The van der Waals surface area contributed by atoms with Crippen molar-refractivity contribution in [1.29, 1.82) is 0 Å². The zero-order chi connectivity index (χ0) is 14.4. The molecule has 1 saturated carbocycles. The summed E-state index contributed by atoms with van der Waals surface area (Å²) in [4.78, 5) is 11.0. The third-order valence-corrected chi connectivity index (χ3v) is 4.45. The van der Waals surface area contributed by atoms with Gasteiger partial charge in [0, 0.05) is 12.5 Å². The first-order valence-electron chi connectivity index (χ1n) is 6.56. The third-order valence-electron chi connectivity index (χ3n) is 3.19. The van der Waals surface area contributed by atoms with Crippen LogP contribution in [0.5, 0.6) is 0 Å². The smallest absolute Gasteiger partial charge is 0.277 e. The van der Waals surface area contributed by atoms with Crippen LogP contribution in [0.2, 0.25) is 0 Å². The topological polar surface area (TPSA) is 130 Å². The summed E-state index contributed by atoms with van der Waals surface area (Å²) < 4.78 is 28.8. The molecule has 0 aromatic carbocycles. The molecule has 1 aliphatic carbocycles. The van der Waals surface area contributed by atoms with Crippen LogP contribution in [0.4, 0.5) is 0 Å². The molecule has 0 spiro atoms. The van der Waals surface area contributed by atoms with Crippen molar-refractivity contribution < 1.29 is 13.2 Å². The number of carbonyl (C=O) groups is 1. The summed E-state index contributed by atoms with van der Waals surface area (Å²) in [5.74, 6) is 0.280. The molecule has 1 aliphatic rings. The van der Waals surface area contributed by atoms with Crippen LogP contribution in [0, 0.1) is 0 Å². The molecule has 112 valence electrons. The molecule has 1 fully saturated rings. The van der Waals surface area contributed by atoms with E-state index in [2.05, 4.69) is 30.1 Å². The van der Waals surface area contributed by atoms with Crippen LogP contribution in [-0.2, 0) is 21.4 Å². The van der Waals surface area contributed by atoms with Crippen LogP contribution < -0.4 is 9.44 Å².